The van der Waals surface area contributed by atoms with Crippen molar-refractivity contribution in [3.8, 4) is 5.75 Å². The lowest BCUT2D eigenvalue weighted by Gasteiger charge is -2.11. The van der Waals surface area contributed by atoms with Gasteiger partial charge in [-0.05, 0) is 43.2 Å². The minimum atomic E-state index is -0.728. The molecule has 0 saturated carbocycles. The minimum Gasteiger partial charge on any atom is -0.492 e. The molecule has 2 amide bonds. The van der Waals surface area contributed by atoms with Crippen LogP contribution >= 0.6 is 11.6 Å². The molecule has 0 radical (unpaired) electrons. The van der Waals surface area contributed by atoms with Crippen LogP contribution in [-0.4, -0.2) is 25.0 Å². The molecule has 6 heteroatoms. The molecule has 0 fully saturated rings. The van der Waals surface area contributed by atoms with Crippen LogP contribution < -0.4 is 15.4 Å². The van der Waals surface area contributed by atoms with E-state index in [4.69, 9.17) is 16.3 Å². The van der Waals surface area contributed by atoms with Gasteiger partial charge in [0.1, 0.15) is 5.75 Å². The Morgan fingerprint density at radius 1 is 1.08 bits per heavy atom. The second-order valence-corrected chi connectivity index (χ2v) is 5.46. The Morgan fingerprint density at radius 3 is 2.62 bits per heavy atom. The van der Waals surface area contributed by atoms with Crippen molar-refractivity contribution in [2.75, 3.05) is 18.5 Å². The summed E-state index contributed by atoms with van der Waals surface area (Å²) in [5, 5.41) is 5.79. The molecule has 0 saturated heterocycles. The highest BCUT2D eigenvalue weighted by Crippen LogP contribution is 2.23. The number of benzene rings is 2. The average Bonchev–Trinajstić information content (AvgIpc) is 2.57. The van der Waals surface area contributed by atoms with Gasteiger partial charge in [-0.1, -0.05) is 35.9 Å². The molecule has 0 heterocycles. The Labute approximate surface area is 146 Å². The zero-order chi connectivity index (χ0) is 17.4. The molecule has 0 aliphatic rings. The maximum Gasteiger partial charge on any atom is 0.313 e. The molecule has 0 atom stereocenters. The Morgan fingerprint density at radius 2 is 1.88 bits per heavy atom. The van der Waals surface area contributed by atoms with Gasteiger partial charge in [0.25, 0.3) is 0 Å². The molecule has 0 aliphatic carbocycles. The van der Waals surface area contributed by atoms with Gasteiger partial charge in [0, 0.05) is 11.6 Å². The van der Waals surface area contributed by atoms with Crippen molar-refractivity contribution in [1.82, 2.24) is 5.32 Å². The SMILES string of the molecule is CCOc1ccccc1NC(=O)C(=O)NCCc1cccc(Cl)c1. The second-order valence-electron chi connectivity index (χ2n) is 5.02. The molecule has 0 spiro atoms. The van der Waals surface area contributed by atoms with E-state index < -0.39 is 11.8 Å². The number of ether oxygens (including phenoxy) is 1. The smallest absolute Gasteiger partial charge is 0.313 e. The van der Waals surface area contributed by atoms with Crippen molar-refractivity contribution in [3.63, 3.8) is 0 Å². The summed E-state index contributed by atoms with van der Waals surface area (Å²) in [5.41, 5.74) is 1.46. The van der Waals surface area contributed by atoms with E-state index in [1.165, 1.54) is 0 Å². The number of para-hydroxylation sites is 2. The highest BCUT2D eigenvalue weighted by molar-refractivity contribution is 6.39. The number of hydrogen-bond acceptors (Lipinski definition) is 3. The third kappa shape index (κ3) is 5.28. The molecule has 2 rings (SSSR count). The maximum absolute atomic E-state index is 12.0. The van der Waals surface area contributed by atoms with E-state index in [-0.39, 0.29) is 0 Å². The number of carbonyl (C=O) groups is 2. The van der Waals surface area contributed by atoms with E-state index in [2.05, 4.69) is 10.6 Å². The molecule has 2 aromatic rings. The second kappa shape index (κ2) is 8.93. The van der Waals surface area contributed by atoms with Gasteiger partial charge in [0.05, 0.1) is 12.3 Å². The fourth-order valence-electron chi connectivity index (χ4n) is 2.12. The van der Waals surface area contributed by atoms with Crippen molar-refractivity contribution < 1.29 is 14.3 Å². The number of halogens is 1. The molecular weight excluding hydrogens is 328 g/mol. The summed E-state index contributed by atoms with van der Waals surface area (Å²) in [6.45, 7) is 2.67. The summed E-state index contributed by atoms with van der Waals surface area (Å²) in [4.78, 5) is 23.8. The number of hydrogen-bond donors (Lipinski definition) is 2. The minimum absolute atomic E-state index is 0.347. The molecule has 24 heavy (non-hydrogen) atoms. The van der Waals surface area contributed by atoms with Gasteiger partial charge in [-0.3, -0.25) is 9.59 Å². The van der Waals surface area contributed by atoms with Crippen LogP contribution in [0.3, 0.4) is 0 Å². The lowest BCUT2D eigenvalue weighted by molar-refractivity contribution is -0.136. The molecule has 0 unspecified atom stereocenters. The summed E-state index contributed by atoms with van der Waals surface area (Å²) in [5.74, 6) is -0.892. The third-order valence-electron chi connectivity index (χ3n) is 3.23. The highest BCUT2D eigenvalue weighted by Gasteiger charge is 2.15. The first-order valence-corrected chi connectivity index (χ1v) is 8.03. The van der Waals surface area contributed by atoms with Crippen molar-refractivity contribution in [2.24, 2.45) is 0 Å². The van der Waals surface area contributed by atoms with Crippen molar-refractivity contribution in [3.05, 3.63) is 59.1 Å². The van der Waals surface area contributed by atoms with Gasteiger partial charge in [0.2, 0.25) is 0 Å². The van der Waals surface area contributed by atoms with Crippen molar-refractivity contribution in [1.29, 1.82) is 0 Å². The van der Waals surface area contributed by atoms with Crippen molar-refractivity contribution in [2.45, 2.75) is 13.3 Å². The van der Waals surface area contributed by atoms with Gasteiger partial charge in [-0.25, -0.2) is 0 Å². The fraction of sp³-hybridized carbons (Fsp3) is 0.222. The van der Waals surface area contributed by atoms with Crippen LogP contribution in [0.2, 0.25) is 5.02 Å². The molecule has 5 nitrogen and oxygen atoms in total. The van der Waals surface area contributed by atoms with Gasteiger partial charge in [-0.2, -0.15) is 0 Å². The van der Waals surface area contributed by atoms with Gasteiger partial charge in [0.15, 0.2) is 0 Å². The summed E-state index contributed by atoms with van der Waals surface area (Å²) in [6.07, 6.45) is 0.592. The zero-order valence-electron chi connectivity index (χ0n) is 13.3. The first kappa shape index (κ1) is 17.8. The number of rotatable bonds is 6. The number of carbonyl (C=O) groups excluding carboxylic acids is 2. The Balaban J connectivity index is 1.85. The number of nitrogens with one attached hydrogen (secondary N) is 2. The van der Waals surface area contributed by atoms with Crippen LogP contribution in [0.1, 0.15) is 12.5 Å². The Hall–Kier alpha value is -2.53. The maximum atomic E-state index is 12.0. The third-order valence-corrected chi connectivity index (χ3v) is 3.46. The van der Waals surface area contributed by atoms with Crippen LogP contribution in [0.5, 0.6) is 5.75 Å². The average molecular weight is 347 g/mol. The van der Waals surface area contributed by atoms with E-state index in [9.17, 15) is 9.59 Å². The Bertz CT molecular complexity index is 719. The predicted molar refractivity (Wildman–Crippen MR) is 94.4 cm³/mol. The van der Waals surface area contributed by atoms with E-state index >= 15 is 0 Å². The van der Waals surface area contributed by atoms with Gasteiger partial charge >= 0.3 is 11.8 Å². The summed E-state index contributed by atoms with van der Waals surface area (Å²) >= 11 is 5.90. The molecule has 0 bridgehead atoms. The van der Waals surface area contributed by atoms with Crippen LogP contribution in [0.25, 0.3) is 0 Å². The van der Waals surface area contributed by atoms with Crippen LogP contribution in [0.4, 0.5) is 5.69 Å². The summed E-state index contributed by atoms with van der Waals surface area (Å²) < 4.78 is 5.41. The molecular formula is C18H19ClN2O3. The fourth-order valence-corrected chi connectivity index (χ4v) is 2.34. The Kier molecular flexibility index (Phi) is 6.63. The van der Waals surface area contributed by atoms with Crippen molar-refractivity contribution >= 4 is 29.1 Å². The normalized spacial score (nSPS) is 10.1. The van der Waals surface area contributed by atoms with E-state index in [1.54, 1.807) is 30.3 Å². The van der Waals surface area contributed by atoms with E-state index in [0.29, 0.717) is 36.0 Å². The topological polar surface area (TPSA) is 67.4 Å². The highest BCUT2D eigenvalue weighted by atomic mass is 35.5. The lowest BCUT2D eigenvalue weighted by Crippen LogP contribution is -2.36. The standard InChI is InChI=1S/C18H19ClN2O3/c1-2-24-16-9-4-3-8-15(16)21-18(23)17(22)20-11-10-13-6-5-7-14(19)12-13/h3-9,12H,2,10-11H2,1H3,(H,20,22)(H,21,23). The largest absolute Gasteiger partial charge is 0.492 e. The van der Waals surface area contributed by atoms with Crippen LogP contribution in [-0.2, 0) is 16.0 Å². The summed E-state index contributed by atoms with van der Waals surface area (Å²) in [7, 11) is 0. The zero-order valence-corrected chi connectivity index (χ0v) is 14.1. The van der Waals surface area contributed by atoms with E-state index in [1.807, 2.05) is 25.1 Å². The molecule has 126 valence electrons. The number of amides is 2. The number of anilines is 1. The van der Waals surface area contributed by atoms with Crippen LogP contribution in [0.15, 0.2) is 48.5 Å². The summed E-state index contributed by atoms with van der Waals surface area (Å²) in [6, 6.07) is 14.3. The molecule has 0 aromatic heterocycles. The quantitative estimate of drug-likeness (QED) is 0.790. The first-order valence-electron chi connectivity index (χ1n) is 7.65. The lowest BCUT2D eigenvalue weighted by atomic mass is 10.1. The van der Waals surface area contributed by atoms with E-state index in [0.717, 1.165) is 5.56 Å². The first-order chi connectivity index (χ1) is 11.6. The van der Waals surface area contributed by atoms with Gasteiger partial charge in [-0.15, -0.1) is 0 Å². The molecule has 2 N–H and O–H groups in total. The predicted octanol–water partition coefficient (Wildman–Crippen LogP) is 3.04. The molecule has 0 aliphatic heterocycles. The van der Waals surface area contributed by atoms with Crippen LogP contribution in [0, 0.1) is 0 Å². The molecule has 2 aromatic carbocycles. The van der Waals surface area contributed by atoms with Gasteiger partial charge < -0.3 is 15.4 Å². The monoisotopic (exact) mass is 346 g/mol.